The van der Waals surface area contributed by atoms with Crippen molar-refractivity contribution in [2.45, 2.75) is 51.9 Å². The number of fused-ring (bicyclic) bond motifs is 1. The van der Waals surface area contributed by atoms with E-state index < -0.39 is 5.60 Å². The molecule has 1 heterocycles. The van der Waals surface area contributed by atoms with Gasteiger partial charge in [0.05, 0.1) is 12.7 Å². The van der Waals surface area contributed by atoms with Gasteiger partial charge in [0.2, 0.25) is 0 Å². The monoisotopic (exact) mass is 361 g/mol. The second-order valence-corrected chi connectivity index (χ2v) is 8.51. The summed E-state index contributed by atoms with van der Waals surface area (Å²) < 4.78 is 11.5. The summed E-state index contributed by atoms with van der Waals surface area (Å²) in [5, 5.41) is 0.580. The molecule has 25 heavy (non-hydrogen) atoms. The lowest BCUT2D eigenvalue weighted by molar-refractivity contribution is 0.0205. The third-order valence-electron chi connectivity index (χ3n) is 4.94. The van der Waals surface area contributed by atoms with E-state index in [2.05, 4.69) is 0 Å². The summed E-state index contributed by atoms with van der Waals surface area (Å²) >= 11 is 6.22. The molecule has 1 aliphatic heterocycles. The second kappa shape index (κ2) is 7.20. The predicted molar refractivity (Wildman–Crippen MR) is 99.4 cm³/mol. The number of ether oxygens (including phenoxy) is 2. The molecule has 1 saturated carbocycles. The van der Waals surface area contributed by atoms with Crippen LogP contribution in [0, 0.1) is 11.8 Å². The van der Waals surface area contributed by atoms with Crippen molar-refractivity contribution in [2.24, 2.45) is 11.8 Å². The Bertz CT molecular complexity index is 632. The molecule has 0 spiro atoms. The average molecular weight is 362 g/mol. The van der Waals surface area contributed by atoms with Gasteiger partial charge in [0.25, 0.3) is 0 Å². The van der Waals surface area contributed by atoms with Crippen LogP contribution in [0.15, 0.2) is 18.2 Å². The summed E-state index contributed by atoms with van der Waals surface area (Å²) in [4.78, 5) is 14.0. The van der Waals surface area contributed by atoms with Crippen LogP contribution < -0.4 is 5.46 Å². The van der Waals surface area contributed by atoms with Crippen molar-refractivity contribution < 1.29 is 14.3 Å². The lowest BCUT2D eigenvalue weighted by atomic mass is 9.94. The molecule has 0 aromatic heterocycles. The van der Waals surface area contributed by atoms with Gasteiger partial charge in [0, 0.05) is 18.1 Å². The molecule has 1 unspecified atom stereocenters. The van der Waals surface area contributed by atoms with E-state index in [0.717, 1.165) is 31.5 Å². The van der Waals surface area contributed by atoms with Crippen molar-refractivity contribution in [3.63, 3.8) is 0 Å². The molecule has 0 bridgehead atoms. The number of hydrogen-bond donors (Lipinski definition) is 0. The van der Waals surface area contributed by atoms with Crippen molar-refractivity contribution in [3.05, 3.63) is 28.8 Å². The van der Waals surface area contributed by atoms with Crippen LogP contribution in [0.1, 0.15) is 39.2 Å². The highest BCUT2D eigenvalue weighted by Gasteiger charge is 2.43. The Hall–Kier alpha value is -1.20. The molecule has 4 nitrogen and oxygen atoms in total. The third kappa shape index (κ3) is 4.51. The van der Waals surface area contributed by atoms with E-state index in [1.165, 1.54) is 0 Å². The van der Waals surface area contributed by atoms with Crippen molar-refractivity contribution in [2.75, 3.05) is 13.1 Å². The lowest BCUT2D eigenvalue weighted by Gasteiger charge is -2.25. The van der Waals surface area contributed by atoms with Gasteiger partial charge in [-0.25, -0.2) is 4.79 Å². The molecular weight excluding hydrogens is 336 g/mol. The molecule has 6 heteroatoms. The second-order valence-electron chi connectivity index (χ2n) is 8.13. The highest BCUT2D eigenvalue weighted by atomic mass is 35.5. The number of nitrogens with zero attached hydrogens (tertiary/aromatic N) is 1. The van der Waals surface area contributed by atoms with E-state index in [-0.39, 0.29) is 12.2 Å². The Morgan fingerprint density at radius 1 is 1.28 bits per heavy atom. The number of benzene rings is 1. The summed E-state index contributed by atoms with van der Waals surface area (Å²) in [7, 11) is 5.83. The standard InChI is InChI=1S/C19H25BClNO3/c1-19(2,3)25-18(23)22-9-13-7-15(8-14(13)10-22)24-11-12-5-4-6-16(20)17(12)21/h4-6,13-15H,7-11H2,1-3H3/t13-,14+,15?. The van der Waals surface area contributed by atoms with E-state index in [1.54, 1.807) is 6.07 Å². The molecule has 0 N–H and O–H groups in total. The van der Waals surface area contributed by atoms with E-state index in [9.17, 15) is 4.79 Å². The molecule has 1 aliphatic carbocycles. The SMILES string of the molecule is [B]c1cccc(COC2C[C@@H]3CN(C(=O)OC(C)(C)C)C[C@@H]3C2)c1Cl. The van der Waals surface area contributed by atoms with Gasteiger partial charge >= 0.3 is 6.09 Å². The maximum atomic E-state index is 12.2. The number of amides is 1. The molecule has 134 valence electrons. The molecular formula is C19H25BClNO3. The molecule has 3 atom stereocenters. The Morgan fingerprint density at radius 2 is 1.92 bits per heavy atom. The van der Waals surface area contributed by atoms with Crippen LogP contribution in [-0.2, 0) is 16.1 Å². The van der Waals surface area contributed by atoms with Gasteiger partial charge < -0.3 is 14.4 Å². The topological polar surface area (TPSA) is 38.8 Å². The molecule has 1 saturated heterocycles. The van der Waals surface area contributed by atoms with Gasteiger partial charge in [-0.05, 0) is 51.0 Å². The largest absolute Gasteiger partial charge is 0.444 e. The van der Waals surface area contributed by atoms with Crippen LogP contribution in [0.25, 0.3) is 0 Å². The minimum Gasteiger partial charge on any atom is -0.444 e. The number of carbonyl (C=O) groups excluding carboxylic acids is 1. The number of rotatable bonds is 3. The van der Waals surface area contributed by atoms with Crippen molar-refractivity contribution in [1.29, 1.82) is 0 Å². The number of halogens is 1. The molecule has 1 aromatic carbocycles. The fraction of sp³-hybridized carbons (Fsp3) is 0.632. The summed E-state index contributed by atoms with van der Waals surface area (Å²) in [5.74, 6) is 0.989. The molecule has 2 radical (unpaired) electrons. The number of likely N-dealkylation sites (tertiary alicyclic amines) is 1. The Morgan fingerprint density at radius 3 is 2.52 bits per heavy atom. The molecule has 1 amide bonds. The van der Waals surface area contributed by atoms with Crippen molar-refractivity contribution in [1.82, 2.24) is 4.90 Å². The Balaban J connectivity index is 1.48. The number of carbonyl (C=O) groups is 1. The van der Waals surface area contributed by atoms with Gasteiger partial charge in [-0.1, -0.05) is 35.3 Å². The van der Waals surface area contributed by atoms with E-state index >= 15 is 0 Å². The quantitative estimate of drug-likeness (QED) is 0.775. The van der Waals surface area contributed by atoms with Gasteiger partial charge in [0.15, 0.2) is 0 Å². The van der Waals surface area contributed by atoms with Gasteiger partial charge in [-0.2, -0.15) is 0 Å². The van der Waals surface area contributed by atoms with Crippen LogP contribution in [0.3, 0.4) is 0 Å². The van der Waals surface area contributed by atoms with Crippen LogP contribution in [-0.4, -0.2) is 43.6 Å². The minimum absolute atomic E-state index is 0.203. The molecule has 2 fully saturated rings. The summed E-state index contributed by atoms with van der Waals surface area (Å²) in [6, 6.07) is 5.62. The first-order chi connectivity index (χ1) is 11.7. The maximum Gasteiger partial charge on any atom is 0.410 e. The molecule has 3 rings (SSSR count). The van der Waals surface area contributed by atoms with Crippen LogP contribution in [0.4, 0.5) is 4.79 Å². The van der Waals surface area contributed by atoms with E-state index in [1.807, 2.05) is 37.8 Å². The fourth-order valence-electron chi connectivity index (χ4n) is 3.77. The zero-order valence-electron chi connectivity index (χ0n) is 15.1. The Kier molecular flexibility index (Phi) is 5.35. The van der Waals surface area contributed by atoms with Crippen LogP contribution in [0.5, 0.6) is 0 Å². The first kappa shape index (κ1) is 18.6. The predicted octanol–water partition coefficient (Wildman–Crippen LogP) is 3.30. The zero-order valence-corrected chi connectivity index (χ0v) is 15.9. The van der Waals surface area contributed by atoms with Crippen LogP contribution in [0.2, 0.25) is 5.02 Å². The highest BCUT2D eigenvalue weighted by molar-refractivity contribution is 6.45. The van der Waals surface area contributed by atoms with Gasteiger partial charge in [-0.15, -0.1) is 0 Å². The number of hydrogen-bond acceptors (Lipinski definition) is 3. The Labute approximate surface area is 156 Å². The lowest BCUT2D eigenvalue weighted by Crippen LogP contribution is -2.36. The van der Waals surface area contributed by atoms with Gasteiger partial charge in [0.1, 0.15) is 13.4 Å². The third-order valence-corrected chi connectivity index (χ3v) is 5.40. The molecule has 1 aromatic rings. The van der Waals surface area contributed by atoms with Crippen molar-refractivity contribution in [3.8, 4) is 0 Å². The van der Waals surface area contributed by atoms with Crippen molar-refractivity contribution >= 4 is 31.0 Å². The normalized spacial score (nSPS) is 25.9. The average Bonchev–Trinajstić information content (AvgIpc) is 3.05. The maximum absolute atomic E-state index is 12.2. The summed E-state index contributed by atoms with van der Waals surface area (Å²) in [6.45, 7) is 7.69. The fourth-order valence-corrected chi connectivity index (χ4v) is 3.96. The highest BCUT2D eigenvalue weighted by Crippen LogP contribution is 2.40. The molecule has 2 aliphatic rings. The van der Waals surface area contributed by atoms with Gasteiger partial charge in [-0.3, -0.25) is 0 Å². The smallest absolute Gasteiger partial charge is 0.410 e. The summed E-state index contributed by atoms with van der Waals surface area (Å²) in [6.07, 6.45) is 1.97. The first-order valence-electron chi connectivity index (χ1n) is 8.85. The first-order valence-corrected chi connectivity index (χ1v) is 9.23. The van der Waals surface area contributed by atoms with Crippen LogP contribution >= 0.6 is 11.6 Å². The summed E-state index contributed by atoms with van der Waals surface area (Å²) in [5.41, 5.74) is 1.06. The van der Waals surface area contributed by atoms with E-state index in [0.29, 0.717) is 28.9 Å². The zero-order chi connectivity index (χ0) is 18.2. The minimum atomic E-state index is -0.447. The van der Waals surface area contributed by atoms with E-state index in [4.69, 9.17) is 28.9 Å².